The molecule has 1 N–H and O–H groups in total. The van der Waals surface area contributed by atoms with E-state index in [1.54, 1.807) is 31.7 Å². The number of pyridine rings is 1. The number of anilines is 2. The normalized spacial score (nSPS) is 16.4. The molecule has 1 aliphatic rings. The van der Waals surface area contributed by atoms with E-state index in [-0.39, 0.29) is 12.1 Å². The third kappa shape index (κ3) is 4.90. The first-order valence-corrected chi connectivity index (χ1v) is 11.1. The van der Waals surface area contributed by atoms with Crippen LogP contribution in [0.5, 0.6) is 0 Å². The number of hydrogen-bond donors (Lipinski definition) is 1. The number of hydrogen-bond acceptors (Lipinski definition) is 7. The van der Waals surface area contributed by atoms with Crippen molar-refractivity contribution >= 4 is 35.0 Å². The van der Waals surface area contributed by atoms with Crippen LogP contribution in [0.25, 0.3) is 11.5 Å². The van der Waals surface area contributed by atoms with Gasteiger partial charge in [0, 0.05) is 13.6 Å². The van der Waals surface area contributed by atoms with Gasteiger partial charge in [0.25, 0.3) is 5.95 Å². The minimum absolute atomic E-state index is 0.181. The van der Waals surface area contributed by atoms with E-state index in [0.29, 0.717) is 15.4 Å². The summed E-state index contributed by atoms with van der Waals surface area (Å²) in [6.07, 6.45) is 1.19. The van der Waals surface area contributed by atoms with Gasteiger partial charge in [0.1, 0.15) is 5.41 Å². The zero-order valence-corrected chi connectivity index (χ0v) is 20.7. The van der Waals surface area contributed by atoms with E-state index in [1.807, 2.05) is 13.8 Å². The number of halogens is 6. The Hall–Kier alpha value is -3.88. The molecule has 0 fully saturated rings. The monoisotopic (exact) mass is 545 g/mol. The molecule has 0 bridgehead atoms. The maximum atomic E-state index is 13.5. The van der Waals surface area contributed by atoms with Crippen molar-refractivity contribution in [1.29, 1.82) is 0 Å². The first kappa shape index (κ1) is 27.7. The summed E-state index contributed by atoms with van der Waals surface area (Å²) in [7, 11) is 1.80. The molecule has 5 rings (SSSR count). The summed E-state index contributed by atoms with van der Waals surface area (Å²) in [5, 5.41) is 14.5. The molecule has 0 aromatic carbocycles. The average molecular weight is 546 g/mol. The molecule has 1 unspecified atom stereocenters. The Morgan fingerprint density at radius 3 is 2.32 bits per heavy atom. The van der Waals surface area contributed by atoms with E-state index in [0.717, 1.165) is 23.7 Å². The molecule has 198 valence electrons. The van der Waals surface area contributed by atoms with Gasteiger partial charge in [-0.1, -0.05) is 25.4 Å². The zero-order chi connectivity index (χ0) is 27.5. The highest BCUT2D eigenvalue weighted by molar-refractivity contribution is 6.32. The summed E-state index contributed by atoms with van der Waals surface area (Å²) < 4.78 is 67.3. The Balaban J connectivity index is 0.000000207. The van der Waals surface area contributed by atoms with Crippen molar-refractivity contribution in [3.63, 3.8) is 0 Å². The number of carbonyl (C=O) groups excluding carboxylic acids is 1. The van der Waals surface area contributed by atoms with Crippen LogP contribution in [0.1, 0.15) is 26.5 Å². The van der Waals surface area contributed by atoms with E-state index in [1.165, 1.54) is 4.80 Å². The smallest absolute Gasteiger partial charge is 0.387 e. The Kier molecular flexibility index (Phi) is 7.95. The average Bonchev–Trinajstić information content (AvgIpc) is 3.58. The number of nitrogens with one attached hydrogen (secondary N) is 1. The molecule has 0 saturated heterocycles. The van der Waals surface area contributed by atoms with Gasteiger partial charge in [-0.3, -0.25) is 4.79 Å². The Bertz CT molecular complexity index is 1390. The summed E-state index contributed by atoms with van der Waals surface area (Å²) in [5.74, 6) is -2.47. The van der Waals surface area contributed by atoms with E-state index in [4.69, 9.17) is 11.6 Å². The van der Waals surface area contributed by atoms with Gasteiger partial charge < -0.3 is 10.2 Å². The van der Waals surface area contributed by atoms with Crippen LogP contribution in [-0.2, 0) is 10.2 Å². The standard InChI is InChI=1S/C11H7F5N4O.C8H8ClN5.C2H6/c1-10(11(14,15)16)3-19(4-21)5-2-17-9-6(12)8(13)18-20(9)7(5)10;1-10-6-4-7(9)8(11-5-6)14-12-2-3-13-14;1-2/h2,4H,3H2,1H3;2-5,10H,1H3;1-2H3. The third-order valence-electron chi connectivity index (χ3n) is 5.32. The van der Waals surface area contributed by atoms with Gasteiger partial charge in [-0.05, 0) is 13.0 Å². The lowest BCUT2D eigenvalue weighted by atomic mass is 9.88. The SMILES string of the molecule is CC.CC1(C(F)(F)F)CN(C=O)c2cnc3c(F)c(F)nn3c21.CNc1cnc(-n2nccn2)c(Cl)c1. The second kappa shape index (κ2) is 10.6. The van der Waals surface area contributed by atoms with Crippen LogP contribution in [0.15, 0.2) is 30.9 Å². The largest absolute Gasteiger partial charge is 0.401 e. The number of alkyl halides is 3. The van der Waals surface area contributed by atoms with E-state index < -0.39 is 41.2 Å². The van der Waals surface area contributed by atoms with Gasteiger partial charge in [-0.25, -0.2) is 14.5 Å². The second-order valence-corrected chi connectivity index (χ2v) is 7.90. The van der Waals surface area contributed by atoms with Crippen molar-refractivity contribution < 1.29 is 26.7 Å². The second-order valence-electron chi connectivity index (χ2n) is 7.49. The molecule has 37 heavy (non-hydrogen) atoms. The quantitative estimate of drug-likeness (QED) is 0.304. The maximum Gasteiger partial charge on any atom is 0.401 e. The molecule has 1 aliphatic heterocycles. The molecular weight excluding hydrogens is 525 g/mol. The van der Waals surface area contributed by atoms with Crippen LogP contribution < -0.4 is 10.2 Å². The van der Waals surface area contributed by atoms with E-state index in [2.05, 4.69) is 30.6 Å². The molecule has 0 aliphatic carbocycles. The molecule has 0 spiro atoms. The molecule has 10 nitrogen and oxygen atoms in total. The summed E-state index contributed by atoms with van der Waals surface area (Å²) in [4.78, 5) is 20.8. The summed E-state index contributed by atoms with van der Waals surface area (Å²) in [6.45, 7) is 4.13. The molecule has 1 atom stereocenters. The number of fused-ring (bicyclic) bond motifs is 3. The Labute approximate surface area is 212 Å². The fourth-order valence-corrected chi connectivity index (χ4v) is 3.75. The van der Waals surface area contributed by atoms with Crippen LogP contribution in [-0.4, -0.2) is 60.8 Å². The lowest BCUT2D eigenvalue weighted by molar-refractivity contribution is -0.181. The zero-order valence-electron chi connectivity index (χ0n) is 19.9. The lowest BCUT2D eigenvalue weighted by Gasteiger charge is -2.27. The fraction of sp³-hybridized carbons (Fsp3) is 0.333. The minimum atomic E-state index is -4.74. The first-order valence-electron chi connectivity index (χ1n) is 10.7. The maximum absolute atomic E-state index is 13.5. The predicted octanol–water partition coefficient (Wildman–Crippen LogP) is 4.19. The van der Waals surface area contributed by atoms with Crippen LogP contribution in [0.2, 0.25) is 5.02 Å². The minimum Gasteiger partial charge on any atom is -0.387 e. The van der Waals surface area contributed by atoms with Crippen molar-refractivity contribution in [2.24, 2.45) is 0 Å². The number of rotatable bonds is 3. The van der Waals surface area contributed by atoms with Crippen LogP contribution in [0.3, 0.4) is 0 Å². The molecule has 16 heteroatoms. The van der Waals surface area contributed by atoms with Crippen molar-refractivity contribution in [3.8, 4) is 5.82 Å². The molecule has 0 radical (unpaired) electrons. The topological polar surface area (TPSA) is 106 Å². The van der Waals surface area contributed by atoms with Gasteiger partial charge in [-0.15, -0.1) is 9.90 Å². The number of aromatic nitrogens is 7. The highest BCUT2D eigenvalue weighted by atomic mass is 35.5. The highest BCUT2D eigenvalue weighted by Crippen LogP contribution is 2.49. The molecule has 5 heterocycles. The fourth-order valence-electron chi connectivity index (χ4n) is 3.51. The van der Waals surface area contributed by atoms with Crippen LogP contribution in [0.4, 0.5) is 33.3 Å². The van der Waals surface area contributed by atoms with E-state index in [9.17, 15) is 26.7 Å². The lowest BCUT2D eigenvalue weighted by Crippen LogP contribution is -2.44. The van der Waals surface area contributed by atoms with Crippen molar-refractivity contribution in [1.82, 2.24) is 34.6 Å². The Morgan fingerprint density at radius 2 is 1.78 bits per heavy atom. The third-order valence-corrected chi connectivity index (χ3v) is 5.60. The molecule has 4 aromatic heterocycles. The molecule has 1 amide bonds. The summed E-state index contributed by atoms with van der Waals surface area (Å²) in [6, 6.07) is 1.77. The first-order chi connectivity index (χ1) is 17.5. The summed E-state index contributed by atoms with van der Waals surface area (Å²) in [5.41, 5.74) is -3.01. The van der Waals surface area contributed by atoms with Gasteiger partial charge in [-0.2, -0.15) is 32.1 Å². The van der Waals surface area contributed by atoms with Crippen molar-refractivity contribution in [3.05, 3.63) is 53.3 Å². The number of carbonyl (C=O) groups is 1. The van der Waals surface area contributed by atoms with Crippen LogP contribution in [0, 0.1) is 11.8 Å². The van der Waals surface area contributed by atoms with Crippen molar-refractivity contribution in [2.45, 2.75) is 32.4 Å². The van der Waals surface area contributed by atoms with Gasteiger partial charge in [0.15, 0.2) is 11.5 Å². The van der Waals surface area contributed by atoms with Crippen LogP contribution >= 0.6 is 11.6 Å². The molecular formula is C21H21ClF5N9O. The number of amides is 1. The van der Waals surface area contributed by atoms with Gasteiger partial charge in [0.05, 0.1) is 46.9 Å². The van der Waals surface area contributed by atoms with E-state index >= 15 is 0 Å². The predicted molar refractivity (Wildman–Crippen MR) is 125 cm³/mol. The molecule has 4 aromatic rings. The van der Waals surface area contributed by atoms with Crippen molar-refractivity contribution in [2.75, 3.05) is 23.8 Å². The Morgan fingerprint density at radius 1 is 1.14 bits per heavy atom. The number of nitrogens with zero attached hydrogens (tertiary/aromatic N) is 8. The highest BCUT2D eigenvalue weighted by Gasteiger charge is 2.59. The van der Waals surface area contributed by atoms with Gasteiger partial charge >= 0.3 is 6.18 Å². The summed E-state index contributed by atoms with van der Waals surface area (Å²) >= 11 is 6.00. The molecule has 0 saturated carbocycles. The van der Waals surface area contributed by atoms with Gasteiger partial charge in [0.2, 0.25) is 12.2 Å².